The van der Waals surface area contributed by atoms with E-state index >= 15 is 0 Å². The van der Waals surface area contributed by atoms with Gasteiger partial charge in [-0.2, -0.15) is 9.13 Å². The number of nitrogens with zero attached hydrogens (tertiary/aromatic N) is 3. The number of halogens is 2. The number of unbranched alkanes of at least 4 members (excludes halogenated alkanes) is 2. The van der Waals surface area contributed by atoms with Crippen LogP contribution in [0.2, 0.25) is 0 Å². The van der Waals surface area contributed by atoms with Crippen LogP contribution in [-0.2, 0) is 14.1 Å². The maximum Gasteiger partial charge on any atom is 0.260 e. The number of rotatable bonds is 9. The number of nitrogens with two attached hydrogens (primary N) is 5. The van der Waals surface area contributed by atoms with Crippen molar-refractivity contribution >= 4 is 77.9 Å². The van der Waals surface area contributed by atoms with Crippen LogP contribution < -0.4 is 62.6 Å². The molecule has 0 fully saturated rings. The van der Waals surface area contributed by atoms with E-state index in [2.05, 4.69) is 9.13 Å². The Morgan fingerprint density at radius 1 is 0.492 bits per heavy atom. The van der Waals surface area contributed by atoms with Crippen molar-refractivity contribution in [3.63, 3.8) is 0 Å². The molecule has 0 spiro atoms. The van der Waals surface area contributed by atoms with Gasteiger partial charge in [0, 0.05) is 74.5 Å². The fraction of sp³-hybridized carbons (Fsp3) is 0.149. The second kappa shape index (κ2) is 17.2. The van der Waals surface area contributed by atoms with Gasteiger partial charge in [0.2, 0.25) is 22.4 Å². The van der Waals surface area contributed by atoms with E-state index < -0.39 is 0 Å². The van der Waals surface area contributed by atoms with Crippen LogP contribution in [0.1, 0.15) is 40.0 Å². The molecule has 0 aliphatic heterocycles. The van der Waals surface area contributed by atoms with Crippen molar-refractivity contribution in [2.24, 2.45) is 19.8 Å². The molecule has 2 amide bonds. The lowest BCUT2D eigenvalue weighted by Gasteiger charge is -2.22. The molecular formula is C47H46Cl2N8O2. The molecule has 10 N–H and O–H groups in total. The average molecular weight is 826 g/mol. The largest absolute Gasteiger partial charge is 1.00 e. The van der Waals surface area contributed by atoms with Gasteiger partial charge in [-0.05, 0) is 104 Å². The van der Waals surface area contributed by atoms with Crippen LogP contribution in [0.5, 0.6) is 0 Å². The van der Waals surface area contributed by atoms with Gasteiger partial charge in [0.25, 0.3) is 11.8 Å². The van der Waals surface area contributed by atoms with Crippen LogP contribution in [0.4, 0.5) is 22.7 Å². The molecule has 0 radical (unpaired) electrons. The minimum Gasteiger partial charge on any atom is -1.00 e. The number of carbonyl (C=O) groups is 2. The van der Waals surface area contributed by atoms with Gasteiger partial charge in [0.05, 0.1) is 21.5 Å². The van der Waals surface area contributed by atoms with Crippen molar-refractivity contribution in [1.82, 2.24) is 4.90 Å². The highest BCUT2D eigenvalue weighted by atomic mass is 35.5. The number of amides is 2. The summed E-state index contributed by atoms with van der Waals surface area (Å²) in [7, 11) is 3.97. The molecule has 0 unspecified atom stereocenters. The van der Waals surface area contributed by atoms with E-state index in [0.29, 0.717) is 46.8 Å². The van der Waals surface area contributed by atoms with E-state index in [1.54, 1.807) is 12.1 Å². The van der Waals surface area contributed by atoms with E-state index in [-0.39, 0.29) is 43.2 Å². The fourth-order valence-electron chi connectivity index (χ4n) is 8.19. The number of fused-ring (bicyclic) bond motifs is 6. The van der Waals surface area contributed by atoms with Gasteiger partial charge in [-0.15, -0.1) is 0 Å². The molecule has 0 bridgehead atoms. The van der Waals surface area contributed by atoms with E-state index in [0.717, 1.165) is 78.7 Å². The summed E-state index contributed by atoms with van der Waals surface area (Å²) in [6.07, 6.45) is 2.18. The molecule has 2 heterocycles. The van der Waals surface area contributed by atoms with Gasteiger partial charge in [-0.1, -0.05) is 30.7 Å². The summed E-state index contributed by atoms with van der Waals surface area (Å²) in [4.78, 5) is 30.7. The predicted molar refractivity (Wildman–Crippen MR) is 232 cm³/mol. The molecule has 300 valence electrons. The Balaban J connectivity index is 0.00000293. The number of nitrogen functional groups attached to an aromatic ring is 4. The Hall–Kier alpha value is -6.46. The number of benzene rings is 6. The maximum absolute atomic E-state index is 14.7. The third-order valence-electron chi connectivity index (χ3n) is 11.0. The Bertz CT molecular complexity index is 2740. The summed E-state index contributed by atoms with van der Waals surface area (Å²) in [6, 6.07) is 38.3. The SMILES string of the molecule is C[n+]1c(-c2cccc(C(=O)N(CCCCCN)C(=O)c3cccc(-c4c5cc(N)ccc5c5ccc(N)cc5[n+]4C)c3)c2)c2cc(N)ccc2c2ccc(N)cc21.[Cl-].[Cl-]. The zero-order valence-electron chi connectivity index (χ0n) is 32.9. The first-order chi connectivity index (χ1) is 27.5. The number of aryl methyl sites for hydroxylation is 2. The smallest absolute Gasteiger partial charge is 0.260 e. The number of hydrogen-bond donors (Lipinski definition) is 5. The fourth-order valence-corrected chi connectivity index (χ4v) is 8.19. The number of aromatic nitrogens is 2. The number of anilines is 4. The lowest BCUT2D eigenvalue weighted by Crippen LogP contribution is -3.00. The minimum absolute atomic E-state index is 0. The Morgan fingerprint density at radius 2 is 0.898 bits per heavy atom. The lowest BCUT2D eigenvalue weighted by atomic mass is 9.97. The maximum atomic E-state index is 14.7. The monoisotopic (exact) mass is 824 g/mol. The topological polar surface area (TPSA) is 175 Å². The van der Waals surface area contributed by atoms with Gasteiger partial charge in [0.1, 0.15) is 14.1 Å². The molecule has 10 nitrogen and oxygen atoms in total. The summed E-state index contributed by atoms with van der Waals surface area (Å²) in [5.41, 5.74) is 39.5. The molecule has 8 rings (SSSR count). The van der Waals surface area contributed by atoms with Crippen LogP contribution in [-0.4, -0.2) is 29.8 Å². The van der Waals surface area contributed by atoms with Gasteiger partial charge in [-0.25, -0.2) is 0 Å². The van der Waals surface area contributed by atoms with E-state index in [4.69, 9.17) is 28.7 Å². The number of imide groups is 1. The van der Waals surface area contributed by atoms with Gasteiger partial charge < -0.3 is 53.5 Å². The first-order valence-electron chi connectivity index (χ1n) is 19.1. The number of hydrogen-bond acceptors (Lipinski definition) is 7. The summed E-state index contributed by atoms with van der Waals surface area (Å²) < 4.78 is 4.16. The second-order valence-electron chi connectivity index (χ2n) is 14.8. The Labute approximate surface area is 355 Å². The third-order valence-corrected chi connectivity index (χ3v) is 11.0. The highest BCUT2D eigenvalue weighted by Crippen LogP contribution is 2.35. The van der Waals surface area contributed by atoms with Crippen LogP contribution in [0.3, 0.4) is 0 Å². The highest BCUT2D eigenvalue weighted by Gasteiger charge is 2.28. The Morgan fingerprint density at radius 3 is 1.32 bits per heavy atom. The molecule has 0 saturated heterocycles. The van der Waals surface area contributed by atoms with E-state index in [9.17, 15) is 9.59 Å². The molecule has 59 heavy (non-hydrogen) atoms. The first-order valence-corrected chi connectivity index (χ1v) is 19.1. The summed E-state index contributed by atoms with van der Waals surface area (Å²) >= 11 is 0. The lowest BCUT2D eigenvalue weighted by molar-refractivity contribution is -0.632. The van der Waals surface area contributed by atoms with Crippen molar-refractivity contribution in [3.05, 3.63) is 132 Å². The zero-order chi connectivity index (χ0) is 40.0. The normalized spacial score (nSPS) is 11.1. The molecular weight excluding hydrogens is 779 g/mol. The van der Waals surface area contributed by atoms with Crippen molar-refractivity contribution in [2.75, 3.05) is 36.0 Å². The molecule has 0 aliphatic rings. The number of carbonyl (C=O) groups excluding carboxylic acids is 2. The third kappa shape index (κ3) is 7.78. The Kier molecular flexibility index (Phi) is 12.3. The van der Waals surface area contributed by atoms with Crippen molar-refractivity contribution < 1.29 is 43.5 Å². The molecule has 0 saturated carbocycles. The summed E-state index contributed by atoms with van der Waals surface area (Å²) in [5, 5.41) is 5.97. The molecule has 0 atom stereocenters. The van der Waals surface area contributed by atoms with E-state index in [1.165, 1.54) is 4.90 Å². The molecule has 12 heteroatoms. The zero-order valence-corrected chi connectivity index (χ0v) is 34.4. The predicted octanol–water partition coefficient (Wildman–Crippen LogP) is 1.03. The van der Waals surface area contributed by atoms with Crippen molar-refractivity contribution in [1.29, 1.82) is 0 Å². The van der Waals surface area contributed by atoms with Crippen LogP contribution in [0.25, 0.3) is 65.9 Å². The first kappa shape index (κ1) is 42.2. The quantitative estimate of drug-likeness (QED) is 0.0475. The molecule has 8 aromatic rings. The van der Waals surface area contributed by atoms with Crippen molar-refractivity contribution in [3.8, 4) is 22.5 Å². The van der Waals surface area contributed by atoms with Gasteiger partial charge >= 0.3 is 0 Å². The van der Waals surface area contributed by atoms with Crippen LogP contribution in [0, 0.1) is 0 Å². The molecule has 0 aliphatic carbocycles. The number of pyridine rings is 2. The summed E-state index contributed by atoms with van der Waals surface area (Å²) in [5.74, 6) is -0.775. The van der Waals surface area contributed by atoms with Crippen LogP contribution in [0.15, 0.2) is 121 Å². The average Bonchev–Trinajstić information content (AvgIpc) is 3.21. The summed E-state index contributed by atoms with van der Waals surface area (Å²) in [6.45, 7) is 0.767. The van der Waals surface area contributed by atoms with Gasteiger partial charge in [0.15, 0.2) is 0 Å². The highest BCUT2D eigenvalue weighted by molar-refractivity contribution is 6.14. The second-order valence-corrected chi connectivity index (χ2v) is 14.8. The van der Waals surface area contributed by atoms with Crippen molar-refractivity contribution in [2.45, 2.75) is 19.3 Å². The van der Waals surface area contributed by atoms with Crippen LogP contribution >= 0.6 is 0 Å². The molecule has 6 aromatic carbocycles. The minimum atomic E-state index is -0.388. The van der Waals surface area contributed by atoms with Gasteiger partial charge in [-0.3, -0.25) is 14.5 Å². The standard InChI is InChI=1S/C47H44N8O2.2ClH/c1-53-42-26-34(51)14-18-38(42)36-16-12-32(49)24-40(36)44(53)28-8-6-10-30(22-28)46(56)55(21-5-3-4-20-48)47(57)31-11-7-9-29(23-31)45-41-25-33(50)13-17-37(41)39-19-15-35(52)27-43(39)54(45)2;;/h6-19,22-27,51-52H,3-5,20-21,48-50H2,1-2H3;2*1H. The van der Waals surface area contributed by atoms with E-state index in [1.807, 2.05) is 123 Å². The molecule has 2 aromatic heterocycles.